The fourth-order valence-corrected chi connectivity index (χ4v) is 1.68. The fraction of sp³-hybridized carbons (Fsp3) is 0.333. The Bertz CT molecular complexity index is 525. The summed E-state index contributed by atoms with van der Waals surface area (Å²) in [5.41, 5.74) is 2.24. The number of hydrogen-bond acceptors (Lipinski definition) is 4. The molecule has 0 amide bonds. The molecular formula is C15H19N3O. The maximum atomic E-state index is 5.82. The number of nitrogens with one attached hydrogen (secondary N) is 1. The van der Waals surface area contributed by atoms with Crippen LogP contribution in [-0.2, 0) is 0 Å². The first-order valence-electron chi connectivity index (χ1n) is 6.39. The van der Waals surface area contributed by atoms with E-state index >= 15 is 0 Å². The second kappa shape index (κ2) is 6.18. The molecule has 19 heavy (non-hydrogen) atoms. The van der Waals surface area contributed by atoms with E-state index in [2.05, 4.69) is 28.3 Å². The molecule has 0 saturated carbocycles. The number of anilines is 1. The lowest BCUT2D eigenvalue weighted by Gasteiger charge is -2.15. The number of ether oxygens (including phenoxy) is 1. The number of hydrogen-bond donors (Lipinski definition) is 1. The van der Waals surface area contributed by atoms with Gasteiger partial charge < -0.3 is 10.1 Å². The van der Waals surface area contributed by atoms with E-state index in [9.17, 15) is 0 Å². The van der Waals surface area contributed by atoms with Gasteiger partial charge >= 0.3 is 0 Å². The van der Waals surface area contributed by atoms with E-state index in [1.54, 1.807) is 12.4 Å². The van der Waals surface area contributed by atoms with Crippen molar-refractivity contribution in [3.05, 3.63) is 47.8 Å². The SMILES string of the molecule is Cc1cnc(NCC(C)Oc2cccc(C)c2)nc1. The van der Waals surface area contributed by atoms with E-state index in [0.717, 1.165) is 11.3 Å². The molecule has 2 aromatic rings. The van der Waals surface area contributed by atoms with Gasteiger partial charge in [-0.1, -0.05) is 12.1 Å². The van der Waals surface area contributed by atoms with E-state index in [-0.39, 0.29) is 6.10 Å². The molecule has 4 heteroatoms. The summed E-state index contributed by atoms with van der Waals surface area (Å²) in [7, 11) is 0. The van der Waals surface area contributed by atoms with E-state index in [1.165, 1.54) is 5.56 Å². The normalized spacial score (nSPS) is 11.9. The Labute approximate surface area is 113 Å². The molecule has 0 saturated heterocycles. The van der Waals surface area contributed by atoms with Crippen molar-refractivity contribution in [1.82, 2.24) is 9.97 Å². The summed E-state index contributed by atoms with van der Waals surface area (Å²) < 4.78 is 5.82. The highest BCUT2D eigenvalue weighted by Crippen LogP contribution is 2.14. The molecule has 1 atom stereocenters. The third-order valence-corrected chi connectivity index (χ3v) is 2.66. The van der Waals surface area contributed by atoms with Crippen molar-refractivity contribution in [2.75, 3.05) is 11.9 Å². The van der Waals surface area contributed by atoms with Crippen molar-refractivity contribution in [3.63, 3.8) is 0 Å². The molecule has 1 aromatic heterocycles. The molecule has 0 aliphatic rings. The molecule has 1 unspecified atom stereocenters. The largest absolute Gasteiger partial charge is 0.489 e. The number of aromatic nitrogens is 2. The number of aryl methyl sites for hydroxylation is 2. The summed E-state index contributed by atoms with van der Waals surface area (Å²) in [6.45, 7) is 6.70. The molecular weight excluding hydrogens is 238 g/mol. The Morgan fingerprint density at radius 3 is 2.58 bits per heavy atom. The lowest BCUT2D eigenvalue weighted by Crippen LogP contribution is -2.23. The zero-order valence-electron chi connectivity index (χ0n) is 11.6. The Kier molecular flexibility index (Phi) is 4.34. The Hall–Kier alpha value is -2.10. The second-order valence-corrected chi connectivity index (χ2v) is 4.71. The predicted molar refractivity (Wildman–Crippen MR) is 76.5 cm³/mol. The first kappa shape index (κ1) is 13.3. The van der Waals surface area contributed by atoms with Gasteiger partial charge in [0.1, 0.15) is 11.9 Å². The van der Waals surface area contributed by atoms with E-state index in [4.69, 9.17) is 4.74 Å². The van der Waals surface area contributed by atoms with Crippen LogP contribution in [0.3, 0.4) is 0 Å². The first-order valence-corrected chi connectivity index (χ1v) is 6.39. The molecule has 0 bridgehead atoms. The van der Waals surface area contributed by atoms with Gasteiger partial charge in [0.05, 0.1) is 6.54 Å². The number of nitrogens with zero attached hydrogens (tertiary/aromatic N) is 2. The van der Waals surface area contributed by atoms with Crippen molar-refractivity contribution in [2.24, 2.45) is 0 Å². The van der Waals surface area contributed by atoms with Crippen LogP contribution in [0.5, 0.6) is 5.75 Å². The molecule has 1 heterocycles. The summed E-state index contributed by atoms with van der Waals surface area (Å²) in [5, 5.41) is 3.16. The van der Waals surface area contributed by atoms with Crippen LogP contribution in [0.1, 0.15) is 18.1 Å². The van der Waals surface area contributed by atoms with Gasteiger partial charge in [0.2, 0.25) is 5.95 Å². The highest BCUT2D eigenvalue weighted by molar-refractivity contribution is 5.28. The maximum absolute atomic E-state index is 5.82. The van der Waals surface area contributed by atoms with Crippen LogP contribution < -0.4 is 10.1 Å². The molecule has 0 radical (unpaired) electrons. The van der Waals surface area contributed by atoms with Gasteiger partial charge in [-0.2, -0.15) is 0 Å². The van der Waals surface area contributed by atoms with E-state index < -0.39 is 0 Å². The zero-order valence-corrected chi connectivity index (χ0v) is 11.6. The molecule has 1 aromatic carbocycles. The van der Waals surface area contributed by atoms with E-state index in [0.29, 0.717) is 12.5 Å². The van der Waals surface area contributed by atoms with Crippen LogP contribution in [0.2, 0.25) is 0 Å². The minimum absolute atomic E-state index is 0.0479. The van der Waals surface area contributed by atoms with Crippen molar-refractivity contribution in [1.29, 1.82) is 0 Å². The van der Waals surface area contributed by atoms with Crippen molar-refractivity contribution in [3.8, 4) is 5.75 Å². The van der Waals surface area contributed by atoms with Gasteiger partial charge in [-0.05, 0) is 44.0 Å². The Morgan fingerprint density at radius 1 is 1.16 bits per heavy atom. The zero-order chi connectivity index (χ0) is 13.7. The molecule has 0 spiro atoms. The maximum Gasteiger partial charge on any atom is 0.222 e. The molecule has 0 aliphatic carbocycles. The van der Waals surface area contributed by atoms with Gasteiger partial charge in [0.15, 0.2) is 0 Å². The summed E-state index contributed by atoms with van der Waals surface area (Å²) in [4.78, 5) is 8.39. The van der Waals surface area contributed by atoms with Crippen molar-refractivity contribution in [2.45, 2.75) is 26.9 Å². The van der Waals surface area contributed by atoms with Crippen LogP contribution in [0, 0.1) is 13.8 Å². The minimum atomic E-state index is 0.0479. The van der Waals surface area contributed by atoms with Crippen molar-refractivity contribution >= 4 is 5.95 Å². The Balaban J connectivity index is 1.84. The van der Waals surface area contributed by atoms with Crippen LogP contribution in [0.25, 0.3) is 0 Å². The highest BCUT2D eigenvalue weighted by atomic mass is 16.5. The van der Waals surface area contributed by atoms with Crippen LogP contribution in [0.4, 0.5) is 5.95 Å². The Morgan fingerprint density at radius 2 is 1.89 bits per heavy atom. The molecule has 4 nitrogen and oxygen atoms in total. The summed E-state index contributed by atoms with van der Waals surface area (Å²) in [6, 6.07) is 8.04. The molecule has 100 valence electrons. The van der Waals surface area contributed by atoms with Gasteiger partial charge in [0.25, 0.3) is 0 Å². The highest BCUT2D eigenvalue weighted by Gasteiger charge is 2.05. The quantitative estimate of drug-likeness (QED) is 0.894. The average molecular weight is 257 g/mol. The summed E-state index contributed by atoms with van der Waals surface area (Å²) in [5.74, 6) is 1.52. The molecule has 2 rings (SSSR count). The van der Waals surface area contributed by atoms with E-state index in [1.807, 2.05) is 32.0 Å². The van der Waals surface area contributed by atoms with Crippen LogP contribution in [-0.4, -0.2) is 22.6 Å². The smallest absolute Gasteiger partial charge is 0.222 e. The molecule has 0 fully saturated rings. The number of benzene rings is 1. The summed E-state index contributed by atoms with van der Waals surface area (Å²) in [6.07, 6.45) is 3.63. The third kappa shape index (κ3) is 4.25. The fourth-order valence-electron chi connectivity index (χ4n) is 1.68. The second-order valence-electron chi connectivity index (χ2n) is 4.71. The van der Waals surface area contributed by atoms with Gasteiger partial charge in [0, 0.05) is 12.4 Å². The lowest BCUT2D eigenvalue weighted by molar-refractivity contribution is 0.234. The molecule has 0 aliphatic heterocycles. The lowest BCUT2D eigenvalue weighted by atomic mass is 10.2. The topological polar surface area (TPSA) is 47.0 Å². The minimum Gasteiger partial charge on any atom is -0.489 e. The van der Waals surface area contributed by atoms with Gasteiger partial charge in [-0.3, -0.25) is 0 Å². The third-order valence-electron chi connectivity index (χ3n) is 2.66. The first-order chi connectivity index (χ1) is 9.13. The number of rotatable bonds is 5. The van der Waals surface area contributed by atoms with Crippen LogP contribution >= 0.6 is 0 Å². The monoisotopic (exact) mass is 257 g/mol. The standard InChI is InChI=1S/C15H19N3O/c1-11-5-4-6-14(7-11)19-13(3)10-18-15-16-8-12(2)9-17-15/h4-9,13H,10H2,1-3H3,(H,16,17,18). The van der Waals surface area contributed by atoms with Gasteiger partial charge in [-0.15, -0.1) is 0 Å². The average Bonchev–Trinajstić information content (AvgIpc) is 2.38. The predicted octanol–water partition coefficient (Wildman–Crippen LogP) is 2.97. The van der Waals surface area contributed by atoms with Gasteiger partial charge in [-0.25, -0.2) is 9.97 Å². The molecule has 1 N–H and O–H groups in total. The van der Waals surface area contributed by atoms with Crippen molar-refractivity contribution < 1.29 is 4.74 Å². The summed E-state index contributed by atoms with van der Waals surface area (Å²) >= 11 is 0. The van der Waals surface area contributed by atoms with Crippen LogP contribution in [0.15, 0.2) is 36.7 Å².